The van der Waals surface area contributed by atoms with Gasteiger partial charge in [-0.1, -0.05) is 0 Å². The van der Waals surface area contributed by atoms with E-state index in [1.54, 1.807) is 0 Å². The van der Waals surface area contributed by atoms with E-state index in [9.17, 15) is 0 Å². The third-order valence-corrected chi connectivity index (χ3v) is 4.27. The van der Waals surface area contributed by atoms with Gasteiger partial charge in [0.1, 0.15) is 0 Å². The summed E-state index contributed by atoms with van der Waals surface area (Å²) in [5.74, 6) is 0.593. The summed E-state index contributed by atoms with van der Waals surface area (Å²) in [5.41, 5.74) is 6.39. The number of hydrogen-bond acceptors (Lipinski definition) is 4. The van der Waals surface area contributed by atoms with E-state index in [-0.39, 0.29) is 0 Å². The summed E-state index contributed by atoms with van der Waals surface area (Å²) < 4.78 is 5.44. The highest BCUT2D eigenvalue weighted by molar-refractivity contribution is 4.96. The molecule has 2 bridgehead atoms. The lowest BCUT2D eigenvalue weighted by Crippen LogP contribution is -2.67. The van der Waals surface area contributed by atoms with Gasteiger partial charge in [0.2, 0.25) is 0 Å². The Bertz CT molecular complexity index is 222. The lowest BCUT2D eigenvalue weighted by molar-refractivity contribution is -0.00681. The molecule has 0 spiro atoms. The van der Waals surface area contributed by atoms with Crippen LogP contribution >= 0.6 is 0 Å². The normalized spacial score (nSPS) is 47.0. The van der Waals surface area contributed by atoms with Crippen molar-refractivity contribution in [2.75, 3.05) is 45.9 Å². The summed E-state index contributed by atoms with van der Waals surface area (Å²) >= 11 is 0. The zero-order valence-corrected chi connectivity index (χ0v) is 9.27. The number of nitrogens with two attached hydrogens (primary N) is 1. The summed E-state index contributed by atoms with van der Waals surface area (Å²) in [5, 5.41) is 0. The lowest BCUT2D eigenvalue weighted by Gasteiger charge is -2.50. The van der Waals surface area contributed by atoms with Crippen molar-refractivity contribution in [3.05, 3.63) is 0 Å². The van der Waals surface area contributed by atoms with E-state index in [1.165, 1.54) is 32.7 Å². The van der Waals surface area contributed by atoms with E-state index in [0.717, 1.165) is 19.6 Å². The third kappa shape index (κ3) is 1.80. The summed E-state index contributed by atoms with van der Waals surface area (Å²) in [6.07, 6.45) is 1.16. The highest BCUT2D eigenvalue weighted by atomic mass is 16.5. The average molecular weight is 211 g/mol. The zero-order chi connectivity index (χ0) is 10.3. The van der Waals surface area contributed by atoms with Crippen LogP contribution in [0.3, 0.4) is 0 Å². The molecule has 3 atom stereocenters. The predicted molar refractivity (Wildman–Crippen MR) is 58.7 cm³/mol. The van der Waals surface area contributed by atoms with Crippen LogP contribution in [0.15, 0.2) is 0 Å². The topological polar surface area (TPSA) is 41.7 Å². The zero-order valence-electron chi connectivity index (χ0n) is 9.27. The first-order chi connectivity index (χ1) is 7.34. The van der Waals surface area contributed by atoms with Gasteiger partial charge in [0.05, 0.1) is 6.61 Å². The molecule has 4 nitrogen and oxygen atoms in total. The van der Waals surface area contributed by atoms with E-state index in [0.29, 0.717) is 18.0 Å². The van der Waals surface area contributed by atoms with Crippen LogP contribution in [0.2, 0.25) is 0 Å². The van der Waals surface area contributed by atoms with Crippen LogP contribution in [0.4, 0.5) is 0 Å². The summed E-state index contributed by atoms with van der Waals surface area (Å²) in [6, 6.07) is 0.898. The largest absolute Gasteiger partial charge is 0.381 e. The summed E-state index contributed by atoms with van der Waals surface area (Å²) in [4.78, 5) is 5.14. The van der Waals surface area contributed by atoms with Crippen LogP contribution in [-0.4, -0.2) is 67.8 Å². The fourth-order valence-corrected chi connectivity index (χ4v) is 3.19. The standard InChI is InChI=1S/C11H21N3O/c12-11(9-1-6-15-8-9)10-7-13-2-4-14(10)5-3-13/h9-11H,1-8,12H2. The number of piperazine rings is 3. The van der Waals surface area contributed by atoms with Crippen molar-refractivity contribution in [1.29, 1.82) is 0 Å². The molecule has 4 fully saturated rings. The van der Waals surface area contributed by atoms with Crippen molar-refractivity contribution in [3.8, 4) is 0 Å². The maximum Gasteiger partial charge on any atom is 0.0510 e. The molecule has 0 aliphatic carbocycles. The highest BCUT2D eigenvalue weighted by Gasteiger charge is 2.38. The molecular formula is C11H21N3O. The van der Waals surface area contributed by atoms with Crippen LogP contribution in [0, 0.1) is 5.92 Å². The maximum absolute atomic E-state index is 6.39. The van der Waals surface area contributed by atoms with Crippen LogP contribution in [0.1, 0.15) is 6.42 Å². The second-order valence-corrected chi connectivity index (χ2v) is 5.10. The van der Waals surface area contributed by atoms with Gasteiger partial charge in [0, 0.05) is 57.3 Å². The minimum atomic E-state index is 0.315. The molecule has 0 aromatic carbocycles. The molecule has 0 aromatic rings. The molecule has 4 rings (SSSR count). The molecule has 15 heavy (non-hydrogen) atoms. The maximum atomic E-state index is 6.39. The first-order valence-electron chi connectivity index (χ1n) is 6.14. The van der Waals surface area contributed by atoms with Gasteiger partial charge in [0.25, 0.3) is 0 Å². The Hall–Kier alpha value is -0.160. The van der Waals surface area contributed by atoms with E-state index in [2.05, 4.69) is 9.80 Å². The fraction of sp³-hybridized carbons (Fsp3) is 1.00. The van der Waals surface area contributed by atoms with Crippen LogP contribution in [-0.2, 0) is 4.74 Å². The Kier molecular flexibility index (Phi) is 2.68. The Morgan fingerprint density at radius 1 is 1.20 bits per heavy atom. The predicted octanol–water partition coefficient (Wildman–Crippen LogP) is -0.650. The van der Waals surface area contributed by atoms with E-state index >= 15 is 0 Å². The number of rotatable bonds is 2. The third-order valence-electron chi connectivity index (χ3n) is 4.27. The molecule has 86 valence electrons. The number of fused-ring (bicyclic) bond motifs is 3. The first kappa shape index (κ1) is 10.0. The minimum absolute atomic E-state index is 0.315. The molecule has 4 heterocycles. The van der Waals surface area contributed by atoms with E-state index in [1.807, 2.05) is 0 Å². The Morgan fingerprint density at radius 2 is 2.00 bits per heavy atom. The fourth-order valence-electron chi connectivity index (χ4n) is 3.19. The Balaban J connectivity index is 1.65. The molecule has 4 aliphatic heterocycles. The molecule has 3 unspecified atom stereocenters. The minimum Gasteiger partial charge on any atom is -0.381 e. The summed E-state index contributed by atoms with van der Waals surface area (Å²) in [7, 11) is 0. The monoisotopic (exact) mass is 211 g/mol. The van der Waals surface area contributed by atoms with Crippen molar-refractivity contribution in [2.45, 2.75) is 18.5 Å². The van der Waals surface area contributed by atoms with Crippen LogP contribution in [0.5, 0.6) is 0 Å². The summed E-state index contributed by atoms with van der Waals surface area (Å²) in [6.45, 7) is 7.88. The van der Waals surface area contributed by atoms with Gasteiger partial charge in [0.15, 0.2) is 0 Å². The van der Waals surface area contributed by atoms with Gasteiger partial charge in [-0.05, 0) is 6.42 Å². The molecule has 2 N–H and O–H groups in total. The van der Waals surface area contributed by atoms with Gasteiger partial charge >= 0.3 is 0 Å². The highest BCUT2D eigenvalue weighted by Crippen LogP contribution is 2.24. The molecule has 4 aliphatic rings. The molecule has 4 heteroatoms. The van der Waals surface area contributed by atoms with Gasteiger partial charge in [-0.2, -0.15) is 0 Å². The van der Waals surface area contributed by atoms with Crippen LogP contribution < -0.4 is 5.73 Å². The number of nitrogens with zero attached hydrogens (tertiary/aromatic N) is 2. The van der Waals surface area contributed by atoms with Crippen molar-refractivity contribution >= 4 is 0 Å². The van der Waals surface area contributed by atoms with Gasteiger partial charge in [-0.3, -0.25) is 9.80 Å². The second-order valence-electron chi connectivity index (χ2n) is 5.10. The van der Waals surface area contributed by atoms with Crippen molar-refractivity contribution < 1.29 is 4.74 Å². The molecule has 0 radical (unpaired) electrons. The molecule has 4 saturated heterocycles. The van der Waals surface area contributed by atoms with Crippen molar-refractivity contribution in [1.82, 2.24) is 9.80 Å². The van der Waals surface area contributed by atoms with Crippen molar-refractivity contribution in [2.24, 2.45) is 11.7 Å². The van der Waals surface area contributed by atoms with Gasteiger partial charge < -0.3 is 10.5 Å². The Morgan fingerprint density at radius 3 is 2.53 bits per heavy atom. The van der Waals surface area contributed by atoms with E-state index in [4.69, 9.17) is 10.5 Å². The average Bonchev–Trinajstić information content (AvgIpc) is 2.83. The Labute approximate surface area is 91.3 Å². The van der Waals surface area contributed by atoms with Gasteiger partial charge in [-0.15, -0.1) is 0 Å². The number of ether oxygens (including phenoxy) is 1. The SMILES string of the molecule is NC(C1CCOC1)C1CN2CCN1CC2. The quantitative estimate of drug-likeness (QED) is 0.659. The molecule has 0 amide bonds. The van der Waals surface area contributed by atoms with Crippen molar-refractivity contribution in [3.63, 3.8) is 0 Å². The van der Waals surface area contributed by atoms with Crippen LogP contribution in [0.25, 0.3) is 0 Å². The lowest BCUT2D eigenvalue weighted by atomic mass is 9.89. The first-order valence-corrected chi connectivity index (χ1v) is 6.14. The molecular weight excluding hydrogens is 190 g/mol. The molecule has 0 aromatic heterocycles. The smallest absolute Gasteiger partial charge is 0.0510 e. The second kappa shape index (κ2) is 4.01. The molecule has 0 saturated carbocycles. The van der Waals surface area contributed by atoms with Gasteiger partial charge in [-0.25, -0.2) is 0 Å². The number of hydrogen-bond donors (Lipinski definition) is 1. The van der Waals surface area contributed by atoms with E-state index < -0.39 is 0 Å².